The summed E-state index contributed by atoms with van der Waals surface area (Å²) in [4.78, 5) is 31.4. The Morgan fingerprint density at radius 2 is 2.03 bits per heavy atom. The summed E-state index contributed by atoms with van der Waals surface area (Å²) in [6.07, 6.45) is 0. The molecule has 0 aliphatic heterocycles. The minimum absolute atomic E-state index is 0.229. The largest absolute Gasteiger partial charge is 0.451 e. The number of amides is 1. The summed E-state index contributed by atoms with van der Waals surface area (Å²) in [6.45, 7) is 2.43. The molecule has 0 radical (unpaired) electrons. The smallest absolute Gasteiger partial charge is 0.287 e. The monoisotopic (exact) mass is 462 g/mol. The minimum Gasteiger partial charge on any atom is -0.451 e. The van der Waals surface area contributed by atoms with Gasteiger partial charge in [0.05, 0.1) is 22.0 Å². The van der Waals surface area contributed by atoms with Crippen molar-refractivity contribution in [1.29, 1.82) is 0 Å². The lowest BCUT2D eigenvalue weighted by atomic mass is 10.2. The topological polar surface area (TPSA) is 90.0 Å². The number of furan rings is 1. The van der Waals surface area contributed by atoms with Crippen LogP contribution in [0.25, 0.3) is 31.4 Å². The van der Waals surface area contributed by atoms with E-state index in [-0.39, 0.29) is 30.3 Å². The first-order valence-corrected chi connectivity index (χ1v) is 11.6. The summed E-state index contributed by atoms with van der Waals surface area (Å²) >= 11 is 3.19. The number of thiazole rings is 1. The average Bonchev–Trinajstić information content (AvgIpc) is 3.54. The molecular weight excluding hydrogens is 444 g/mol. The Morgan fingerprint density at radius 1 is 1.16 bits per heavy atom. The predicted molar refractivity (Wildman–Crippen MR) is 126 cm³/mol. The second-order valence-corrected chi connectivity index (χ2v) is 9.04. The molecule has 5 rings (SSSR count). The molecule has 0 aliphatic carbocycles. The van der Waals surface area contributed by atoms with Crippen LogP contribution in [0.4, 0.5) is 0 Å². The molecule has 0 aliphatic rings. The first-order chi connectivity index (χ1) is 15.6. The molecule has 1 aromatic carbocycles. The molecule has 0 saturated carbocycles. The number of nitrogens with one attached hydrogen (secondary N) is 1. The zero-order valence-electron chi connectivity index (χ0n) is 17.1. The zero-order chi connectivity index (χ0) is 22.1. The van der Waals surface area contributed by atoms with E-state index in [2.05, 4.69) is 15.4 Å². The highest BCUT2D eigenvalue weighted by Crippen LogP contribution is 2.35. The number of aryl methyl sites for hydroxylation is 1. The zero-order valence-corrected chi connectivity index (χ0v) is 18.7. The molecule has 0 saturated heterocycles. The first kappa shape index (κ1) is 20.3. The predicted octanol–water partition coefficient (Wildman–Crippen LogP) is 4.58. The number of rotatable bonds is 6. The van der Waals surface area contributed by atoms with Crippen molar-refractivity contribution in [3.63, 3.8) is 0 Å². The Balaban J connectivity index is 1.30. The van der Waals surface area contributed by atoms with E-state index in [1.165, 1.54) is 10.7 Å². The van der Waals surface area contributed by atoms with E-state index in [9.17, 15) is 9.59 Å². The van der Waals surface area contributed by atoms with E-state index in [4.69, 9.17) is 4.42 Å². The van der Waals surface area contributed by atoms with Crippen LogP contribution in [0.3, 0.4) is 0 Å². The molecule has 0 spiro atoms. The number of thiophene rings is 1. The molecule has 4 aromatic heterocycles. The van der Waals surface area contributed by atoms with Crippen molar-refractivity contribution in [2.75, 3.05) is 6.54 Å². The van der Waals surface area contributed by atoms with Crippen LogP contribution in [-0.2, 0) is 6.54 Å². The fraction of sp³-hybridized carbons (Fsp3) is 0.130. The third kappa shape index (κ3) is 4.00. The van der Waals surface area contributed by atoms with Crippen LogP contribution in [-0.4, -0.2) is 27.2 Å². The Kier molecular flexibility index (Phi) is 5.42. The highest BCUT2D eigenvalue weighted by Gasteiger charge is 2.15. The van der Waals surface area contributed by atoms with Crippen molar-refractivity contribution in [1.82, 2.24) is 20.1 Å². The van der Waals surface area contributed by atoms with Crippen LogP contribution in [0.2, 0.25) is 0 Å². The van der Waals surface area contributed by atoms with Crippen LogP contribution >= 0.6 is 22.7 Å². The average molecular weight is 463 g/mol. The summed E-state index contributed by atoms with van der Waals surface area (Å²) in [5.74, 6) is -0.0917. The summed E-state index contributed by atoms with van der Waals surface area (Å²) in [6, 6.07) is 16.4. The number of hydrogen-bond acceptors (Lipinski definition) is 7. The molecule has 4 heterocycles. The molecule has 0 atom stereocenters. The van der Waals surface area contributed by atoms with Crippen LogP contribution in [0.1, 0.15) is 16.2 Å². The molecule has 1 amide bonds. The third-order valence-electron chi connectivity index (χ3n) is 4.89. The second kappa shape index (κ2) is 8.52. The van der Waals surface area contributed by atoms with E-state index < -0.39 is 0 Å². The third-order valence-corrected chi connectivity index (χ3v) is 7.11. The molecule has 1 N–H and O–H groups in total. The van der Waals surface area contributed by atoms with Gasteiger partial charge in [-0.05, 0) is 36.6 Å². The highest BCUT2D eigenvalue weighted by molar-refractivity contribution is 7.23. The Labute approximate surface area is 191 Å². The van der Waals surface area contributed by atoms with E-state index in [0.29, 0.717) is 11.3 Å². The van der Waals surface area contributed by atoms with Gasteiger partial charge in [-0.1, -0.05) is 24.3 Å². The van der Waals surface area contributed by atoms with E-state index in [1.807, 2.05) is 48.7 Å². The van der Waals surface area contributed by atoms with Crippen molar-refractivity contribution < 1.29 is 9.21 Å². The van der Waals surface area contributed by atoms with E-state index in [0.717, 1.165) is 25.8 Å². The molecular formula is C23H18N4O3S2. The Morgan fingerprint density at radius 3 is 2.84 bits per heavy atom. The molecule has 9 heteroatoms. The SMILES string of the molecule is Cc1nc(-c2cccs2)sc1-c1ccc(=O)n(CCNC(=O)c2cc3ccccc3o2)n1. The number of hydrogen-bond donors (Lipinski definition) is 1. The lowest BCUT2D eigenvalue weighted by Crippen LogP contribution is -2.31. The van der Waals surface area contributed by atoms with Crippen LogP contribution in [0.15, 0.2) is 69.2 Å². The van der Waals surface area contributed by atoms with E-state index in [1.54, 1.807) is 34.8 Å². The normalized spacial score (nSPS) is 11.2. The van der Waals surface area contributed by atoms with Gasteiger partial charge in [0, 0.05) is 18.0 Å². The van der Waals surface area contributed by atoms with E-state index >= 15 is 0 Å². The molecule has 160 valence electrons. The van der Waals surface area contributed by atoms with Gasteiger partial charge in [0.2, 0.25) is 0 Å². The summed E-state index contributed by atoms with van der Waals surface area (Å²) < 4.78 is 6.94. The van der Waals surface area contributed by atoms with Crippen molar-refractivity contribution in [3.8, 4) is 20.5 Å². The molecule has 0 unspecified atom stereocenters. The van der Waals surface area contributed by atoms with Crippen molar-refractivity contribution in [2.45, 2.75) is 13.5 Å². The van der Waals surface area contributed by atoms with Gasteiger partial charge in [0.1, 0.15) is 16.3 Å². The lowest BCUT2D eigenvalue weighted by Gasteiger charge is -2.07. The van der Waals surface area contributed by atoms with Crippen LogP contribution < -0.4 is 10.9 Å². The fourth-order valence-electron chi connectivity index (χ4n) is 3.33. The quantitative estimate of drug-likeness (QED) is 0.399. The van der Waals surface area contributed by atoms with Crippen molar-refractivity contribution in [3.05, 3.63) is 81.8 Å². The summed E-state index contributed by atoms with van der Waals surface area (Å²) in [5, 5.41) is 11.1. The Bertz CT molecular complexity index is 1430. The first-order valence-electron chi connectivity index (χ1n) is 9.95. The van der Waals surface area contributed by atoms with Gasteiger partial charge < -0.3 is 9.73 Å². The number of para-hydroxylation sites is 1. The van der Waals surface area contributed by atoms with Gasteiger partial charge in [-0.15, -0.1) is 22.7 Å². The lowest BCUT2D eigenvalue weighted by molar-refractivity contribution is 0.0926. The Hall–Kier alpha value is -3.56. The van der Waals surface area contributed by atoms with Crippen molar-refractivity contribution in [2.24, 2.45) is 0 Å². The van der Waals surface area contributed by atoms with Gasteiger partial charge >= 0.3 is 0 Å². The minimum atomic E-state index is -0.329. The van der Waals surface area contributed by atoms with Gasteiger partial charge in [0.25, 0.3) is 11.5 Å². The number of carbonyl (C=O) groups is 1. The van der Waals surface area contributed by atoms with Crippen LogP contribution in [0.5, 0.6) is 0 Å². The number of nitrogens with zero attached hydrogens (tertiary/aromatic N) is 3. The molecule has 0 fully saturated rings. The summed E-state index contributed by atoms with van der Waals surface area (Å²) in [7, 11) is 0. The maximum atomic E-state index is 12.4. The number of benzene rings is 1. The highest BCUT2D eigenvalue weighted by atomic mass is 32.1. The maximum absolute atomic E-state index is 12.4. The molecule has 0 bridgehead atoms. The summed E-state index contributed by atoms with van der Waals surface area (Å²) in [5.41, 5.74) is 1.98. The number of carbonyl (C=O) groups excluding carboxylic acids is 1. The second-order valence-electron chi connectivity index (χ2n) is 7.10. The molecule has 5 aromatic rings. The van der Waals surface area contributed by atoms with Gasteiger partial charge in [-0.3, -0.25) is 9.59 Å². The number of fused-ring (bicyclic) bond motifs is 1. The fourth-order valence-corrected chi connectivity index (χ4v) is 5.15. The van der Waals surface area contributed by atoms with Crippen LogP contribution in [0, 0.1) is 6.92 Å². The molecule has 7 nitrogen and oxygen atoms in total. The standard InChI is InChI=1S/C23H18N4O3S2/c1-14-21(32-23(25-14)19-7-4-12-31-19)16-8-9-20(28)27(26-16)11-10-24-22(29)18-13-15-5-2-3-6-17(15)30-18/h2-9,12-13H,10-11H2,1H3,(H,24,29). The maximum Gasteiger partial charge on any atom is 0.287 e. The number of aromatic nitrogens is 3. The van der Waals surface area contributed by atoms with Gasteiger partial charge in [-0.25, -0.2) is 9.67 Å². The molecule has 32 heavy (non-hydrogen) atoms. The van der Waals surface area contributed by atoms with Gasteiger partial charge in [-0.2, -0.15) is 5.10 Å². The van der Waals surface area contributed by atoms with Gasteiger partial charge in [0.15, 0.2) is 5.76 Å². The van der Waals surface area contributed by atoms with Crippen molar-refractivity contribution >= 4 is 39.5 Å².